The molecule has 1 saturated heterocycles. The summed E-state index contributed by atoms with van der Waals surface area (Å²) in [6.07, 6.45) is 3.12. The molecule has 1 rings (SSSR count). The highest BCUT2D eigenvalue weighted by atomic mass is 28.4. The van der Waals surface area contributed by atoms with Crippen LogP contribution in [0.4, 0.5) is 0 Å². The van der Waals surface area contributed by atoms with E-state index in [2.05, 4.69) is 47.0 Å². The lowest BCUT2D eigenvalue weighted by molar-refractivity contribution is -0.159. The molecule has 0 aromatic carbocycles. The Morgan fingerprint density at radius 2 is 1.83 bits per heavy atom. The van der Waals surface area contributed by atoms with Gasteiger partial charge in [0, 0.05) is 0 Å². The highest BCUT2D eigenvalue weighted by Crippen LogP contribution is 2.40. The zero-order valence-electron chi connectivity index (χ0n) is 16.5. The van der Waals surface area contributed by atoms with E-state index in [-0.39, 0.29) is 17.2 Å². The fraction of sp³-hybridized carbons (Fsp3) is 0.789. The zero-order valence-corrected chi connectivity index (χ0v) is 17.5. The van der Waals surface area contributed by atoms with Crippen molar-refractivity contribution >= 4 is 8.32 Å². The monoisotopic (exact) mass is 356 g/mol. The van der Waals surface area contributed by atoms with Gasteiger partial charge in [-0.1, -0.05) is 32.9 Å². The van der Waals surface area contributed by atoms with E-state index in [0.29, 0.717) is 6.42 Å². The Labute approximate surface area is 149 Å². The second-order valence-electron chi connectivity index (χ2n) is 8.58. The van der Waals surface area contributed by atoms with Crippen LogP contribution in [0.25, 0.3) is 0 Å². The molecule has 0 radical (unpaired) electrons. The van der Waals surface area contributed by atoms with Crippen molar-refractivity contribution in [1.29, 1.82) is 0 Å². The van der Waals surface area contributed by atoms with Crippen molar-refractivity contribution < 1.29 is 19.0 Å². The highest BCUT2D eigenvalue weighted by molar-refractivity contribution is 6.74. The third-order valence-corrected chi connectivity index (χ3v) is 9.48. The molecule has 4 atom stereocenters. The Morgan fingerprint density at radius 1 is 1.25 bits per heavy atom. The van der Waals surface area contributed by atoms with E-state index in [9.17, 15) is 5.11 Å². The summed E-state index contributed by atoms with van der Waals surface area (Å²) in [5.74, 6) is -0.712. The number of hydrogen-bond donors (Lipinski definition) is 1. The lowest BCUT2D eigenvalue weighted by Crippen LogP contribution is -2.53. The maximum atomic E-state index is 10.8. The van der Waals surface area contributed by atoms with E-state index >= 15 is 0 Å². The van der Waals surface area contributed by atoms with Crippen LogP contribution in [0.15, 0.2) is 25.3 Å². The van der Waals surface area contributed by atoms with Crippen LogP contribution in [-0.2, 0) is 13.9 Å². The van der Waals surface area contributed by atoms with E-state index in [1.807, 2.05) is 19.9 Å². The van der Waals surface area contributed by atoms with Gasteiger partial charge in [-0.3, -0.25) is 0 Å². The van der Waals surface area contributed by atoms with Gasteiger partial charge in [0.05, 0.1) is 6.10 Å². The third-order valence-electron chi connectivity index (χ3n) is 5.00. The number of rotatable bonds is 8. The molecule has 0 aliphatic carbocycles. The fourth-order valence-electron chi connectivity index (χ4n) is 2.59. The second-order valence-corrected chi connectivity index (χ2v) is 13.3. The van der Waals surface area contributed by atoms with Crippen molar-refractivity contribution in [2.75, 3.05) is 0 Å². The summed E-state index contributed by atoms with van der Waals surface area (Å²) in [4.78, 5) is 0. The number of hydrogen-bond acceptors (Lipinski definition) is 4. The molecule has 1 aliphatic heterocycles. The first-order valence-electron chi connectivity index (χ1n) is 8.79. The predicted molar refractivity (Wildman–Crippen MR) is 102 cm³/mol. The summed E-state index contributed by atoms with van der Waals surface area (Å²) in [7, 11) is -2.08. The summed E-state index contributed by atoms with van der Waals surface area (Å²) in [6.45, 7) is 22.3. The maximum Gasteiger partial charge on any atom is 0.192 e. The minimum Gasteiger partial charge on any atom is -0.409 e. The standard InChI is InChI=1S/C19H36O4Si/c1-10-12-13-14(20)16(23-24(8,9)18(3,4)5)17-15(11-2)21-19(6,7)22-17/h10-11,14-17,20H,1-2,12-13H2,3-9H3/t14-,15?,16-,17?/m0/s1. The molecule has 1 aliphatic rings. The van der Waals surface area contributed by atoms with Crippen molar-refractivity contribution in [3.05, 3.63) is 25.3 Å². The van der Waals surface area contributed by atoms with Crippen LogP contribution in [0.2, 0.25) is 18.1 Å². The molecule has 4 nitrogen and oxygen atoms in total. The molecule has 2 unspecified atom stereocenters. The van der Waals surface area contributed by atoms with Gasteiger partial charge in [0.2, 0.25) is 0 Å². The largest absolute Gasteiger partial charge is 0.409 e. The van der Waals surface area contributed by atoms with Crippen LogP contribution >= 0.6 is 0 Å². The van der Waals surface area contributed by atoms with Gasteiger partial charge < -0.3 is 19.0 Å². The fourth-order valence-corrected chi connectivity index (χ4v) is 3.91. The molecule has 140 valence electrons. The van der Waals surface area contributed by atoms with Crippen LogP contribution in [0.5, 0.6) is 0 Å². The van der Waals surface area contributed by atoms with E-state index < -0.39 is 26.3 Å². The molecular weight excluding hydrogens is 320 g/mol. The van der Waals surface area contributed by atoms with Crippen LogP contribution in [0, 0.1) is 0 Å². The topological polar surface area (TPSA) is 47.9 Å². The summed E-state index contributed by atoms with van der Waals surface area (Å²) in [5.41, 5.74) is 0. The Balaban J connectivity index is 3.09. The zero-order chi connectivity index (χ0) is 18.8. The second kappa shape index (κ2) is 7.83. The molecule has 0 bridgehead atoms. The van der Waals surface area contributed by atoms with Gasteiger partial charge in [-0.15, -0.1) is 13.2 Å². The first kappa shape index (κ1) is 21.6. The normalized spacial score (nSPS) is 26.8. The van der Waals surface area contributed by atoms with Crippen LogP contribution in [0.1, 0.15) is 47.5 Å². The van der Waals surface area contributed by atoms with Gasteiger partial charge in [-0.05, 0) is 44.8 Å². The molecule has 0 saturated carbocycles. The van der Waals surface area contributed by atoms with E-state index in [1.54, 1.807) is 6.08 Å². The number of ether oxygens (including phenoxy) is 2. The summed E-state index contributed by atoms with van der Waals surface area (Å²) in [6, 6.07) is 0. The first-order valence-corrected chi connectivity index (χ1v) is 11.7. The third kappa shape index (κ3) is 5.26. The highest BCUT2D eigenvalue weighted by Gasteiger charge is 2.49. The average Bonchev–Trinajstić information content (AvgIpc) is 2.75. The van der Waals surface area contributed by atoms with Crippen molar-refractivity contribution in [2.45, 2.75) is 95.8 Å². The molecular formula is C19H36O4Si. The SMILES string of the molecule is C=CCC[C@H](O)[C@H](O[Si](C)(C)C(C)(C)C)C1OC(C)(C)OC1C=C. The van der Waals surface area contributed by atoms with E-state index in [0.717, 1.165) is 6.42 Å². The van der Waals surface area contributed by atoms with Crippen molar-refractivity contribution in [3.8, 4) is 0 Å². The van der Waals surface area contributed by atoms with Gasteiger partial charge in [0.1, 0.15) is 18.3 Å². The number of allylic oxidation sites excluding steroid dienone is 1. The van der Waals surface area contributed by atoms with Gasteiger partial charge in [0.15, 0.2) is 14.1 Å². The Hall–Kier alpha value is -0.463. The molecule has 24 heavy (non-hydrogen) atoms. The molecule has 1 N–H and O–H groups in total. The Morgan fingerprint density at radius 3 is 2.29 bits per heavy atom. The summed E-state index contributed by atoms with van der Waals surface area (Å²) in [5, 5.41) is 10.8. The minimum absolute atomic E-state index is 0.0437. The summed E-state index contributed by atoms with van der Waals surface area (Å²) < 4.78 is 18.6. The van der Waals surface area contributed by atoms with Gasteiger partial charge in [-0.25, -0.2) is 0 Å². The van der Waals surface area contributed by atoms with E-state index in [1.165, 1.54) is 0 Å². The average molecular weight is 357 g/mol. The minimum atomic E-state index is -2.08. The van der Waals surface area contributed by atoms with Crippen LogP contribution in [-0.4, -0.2) is 43.6 Å². The van der Waals surface area contributed by atoms with Crippen LogP contribution < -0.4 is 0 Å². The number of aliphatic hydroxyl groups is 1. The number of aliphatic hydroxyl groups excluding tert-OH is 1. The van der Waals surface area contributed by atoms with Gasteiger partial charge >= 0.3 is 0 Å². The first-order chi connectivity index (χ1) is 10.8. The van der Waals surface area contributed by atoms with E-state index in [4.69, 9.17) is 13.9 Å². The smallest absolute Gasteiger partial charge is 0.192 e. The van der Waals surface area contributed by atoms with Crippen LogP contribution in [0.3, 0.4) is 0 Å². The van der Waals surface area contributed by atoms with Crippen molar-refractivity contribution in [1.82, 2.24) is 0 Å². The Kier molecular flexibility index (Phi) is 7.04. The lowest BCUT2D eigenvalue weighted by atomic mass is 10.00. The summed E-state index contributed by atoms with van der Waals surface area (Å²) >= 11 is 0. The molecule has 0 aromatic rings. The van der Waals surface area contributed by atoms with Gasteiger partial charge in [-0.2, -0.15) is 0 Å². The molecule has 1 fully saturated rings. The molecule has 0 amide bonds. The Bertz CT molecular complexity index is 439. The molecule has 1 heterocycles. The lowest BCUT2D eigenvalue weighted by Gasteiger charge is -2.42. The maximum absolute atomic E-state index is 10.8. The van der Waals surface area contributed by atoms with Gasteiger partial charge in [0.25, 0.3) is 0 Å². The molecule has 5 heteroatoms. The molecule has 0 aromatic heterocycles. The molecule has 0 spiro atoms. The van der Waals surface area contributed by atoms with Crippen molar-refractivity contribution in [3.63, 3.8) is 0 Å². The predicted octanol–water partition coefficient (Wildman–Crippen LogP) is 4.41. The quantitative estimate of drug-likeness (QED) is 0.517. The van der Waals surface area contributed by atoms with Crippen molar-refractivity contribution in [2.24, 2.45) is 0 Å².